The first-order valence-electron chi connectivity index (χ1n) is 10.3. The summed E-state index contributed by atoms with van der Waals surface area (Å²) in [5.41, 5.74) is 6.08. The van der Waals surface area contributed by atoms with Crippen LogP contribution in [0.2, 0.25) is 0 Å². The van der Waals surface area contributed by atoms with Crippen molar-refractivity contribution in [1.29, 1.82) is 0 Å². The number of nitrogens with one attached hydrogen (secondary N) is 3. The van der Waals surface area contributed by atoms with Crippen LogP contribution in [-0.2, 0) is 13.0 Å². The lowest BCUT2D eigenvalue weighted by atomic mass is 10.1. The van der Waals surface area contributed by atoms with Crippen LogP contribution in [0.1, 0.15) is 57.7 Å². The van der Waals surface area contributed by atoms with E-state index in [-0.39, 0.29) is 17.9 Å². The number of fused-ring (bicyclic) bond motifs is 3. The molecule has 0 atom stereocenters. The third-order valence-electron chi connectivity index (χ3n) is 5.24. The first-order chi connectivity index (χ1) is 14.3. The van der Waals surface area contributed by atoms with E-state index in [4.69, 9.17) is 0 Å². The number of amides is 2. The van der Waals surface area contributed by atoms with Crippen LogP contribution in [0.15, 0.2) is 30.5 Å². The molecule has 0 bridgehead atoms. The largest absolute Gasteiger partial charge is 0.350 e. The summed E-state index contributed by atoms with van der Waals surface area (Å²) in [4.78, 5) is 25.2. The average Bonchev–Trinajstić information content (AvgIpc) is 3.21. The van der Waals surface area contributed by atoms with E-state index in [0.29, 0.717) is 16.9 Å². The van der Waals surface area contributed by atoms with E-state index in [1.165, 1.54) is 0 Å². The van der Waals surface area contributed by atoms with Crippen molar-refractivity contribution in [2.75, 3.05) is 5.32 Å². The summed E-state index contributed by atoms with van der Waals surface area (Å²) in [7, 11) is 0. The van der Waals surface area contributed by atoms with Gasteiger partial charge in [-0.15, -0.1) is 0 Å². The Balaban J connectivity index is 1.63. The SMILES string of the molecule is Cc1cc(C)cc(C(=O)Nc2n[nH]c3c2CCCn2cc(C(=O)NC(C)C)cc2-3)c1. The fraction of sp³-hybridized carbons (Fsp3) is 0.348. The van der Waals surface area contributed by atoms with Gasteiger partial charge >= 0.3 is 0 Å². The highest BCUT2D eigenvalue weighted by Gasteiger charge is 2.24. The van der Waals surface area contributed by atoms with Crippen molar-refractivity contribution in [3.63, 3.8) is 0 Å². The predicted octanol–water partition coefficient (Wildman–Crippen LogP) is 3.83. The van der Waals surface area contributed by atoms with E-state index in [9.17, 15) is 9.59 Å². The zero-order valence-electron chi connectivity index (χ0n) is 17.8. The van der Waals surface area contributed by atoms with Gasteiger partial charge in [0, 0.05) is 29.9 Å². The van der Waals surface area contributed by atoms with Gasteiger partial charge in [0.1, 0.15) is 0 Å². The second-order valence-electron chi connectivity index (χ2n) is 8.30. The highest BCUT2D eigenvalue weighted by Crippen LogP contribution is 2.33. The van der Waals surface area contributed by atoms with Crippen LogP contribution in [0.5, 0.6) is 0 Å². The fourth-order valence-corrected chi connectivity index (χ4v) is 4.01. The summed E-state index contributed by atoms with van der Waals surface area (Å²) >= 11 is 0. The molecule has 0 fully saturated rings. The Bertz CT molecular complexity index is 1100. The molecular formula is C23H27N5O2. The number of aromatic nitrogens is 3. The zero-order valence-corrected chi connectivity index (χ0v) is 17.8. The standard InChI is InChI=1S/C23H27N5O2/c1-13(2)24-23(30)17-11-19-20-18(6-5-7-28(19)12-17)21(27-26-20)25-22(29)16-9-14(3)8-15(4)10-16/h8-13H,5-7H2,1-4H3,(H,24,30)(H2,25,26,27,29). The van der Waals surface area contributed by atoms with E-state index < -0.39 is 0 Å². The van der Waals surface area contributed by atoms with E-state index in [2.05, 4.69) is 25.4 Å². The molecule has 0 radical (unpaired) electrons. The molecule has 0 aliphatic carbocycles. The minimum absolute atomic E-state index is 0.0759. The van der Waals surface area contributed by atoms with E-state index in [1.807, 2.05) is 58.2 Å². The zero-order chi connectivity index (χ0) is 21.4. The molecule has 1 aliphatic heterocycles. The molecule has 0 spiro atoms. The Labute approximate surface area is 175 Å². The summed E-state index contributed by atoms with van der Waals surface area (Å²) in [6, 6.07) is 7.75. The van der Waals surface area contributed by atoms with Crippen LogP contribution < -0.4 is 10.6 Å². The van der Waals surface area contributed by atoms with Gasteiger partial charge < -0.3 is 15.2 Å². The Hall–Kier alpha value is -3.35. The maximum atomic E-state index is 12.8. The maximum Gasteiger partial charge on any atom is 0.256 e. The monoisotopic (exact) mass is 405 g/mol. The van der Waals surface area contributed by atoms with Crippen molar-refractivity contribution in [3.8, 4) is 11.4 Å². The number of benzene rings is 1. The number of carbonyl (C=O) groups is 2. The van der Waals surface area contributed by atoms with E-state index >= 15 is 0 Å². The molecule has 2 aromatic heterocycles. The van der Waals surface area contributed by atoms with Gasteiger partial charge in [-0.3, -0.25) is 14.7 Å². The van der Waals surface area contributed by atoms with Crippen molar-refractivity contribution in [1.82, 2.24) is 20.1 Å². The number of nitrogens with zero attached hydrogens (tertiary/aromatic N) is 2. The van der Waals surface area contributed by atoms with Gasteiger partial charge in [-0.1, -0.05) is 17.2 Å². The molecular weight excluding hydrogens is 378 g/mol. The van der Waals surface area contributed by atoms with E-state index in [1.54, 1.807) is 0 Å². The number of hydrogen-bond acceptors (Lipinski definition) is 3. The molecule has 0 saturated heterocycles. The topological polar surface area (TPSA) is 91.8 Å². The van der Waals surface area contributed by atoms with Crippen molar-refractivity contribution in [2.45, 2.75) is 53.1 Å². The van der Waals surface area contributed by atoms with E-state index in [0.717, 1.165) is 47.5 Å². The van der Waals surface area contributed by atoms with Gasteiger partial charge in [-0.05, 0) is 58.7 Å². The number of aromatic amines is 1. The van der Waals surface area contributed by atoms with Gasteiger partial charge in [0.05, 0.1) is 17.0 Å². The van der Waals surface area contributed by atoms with Gasteiger partial charge in [-0.25, -0.2) is 0 Å². The minimum atomic E-state index is -0.173. The van der Waals surface area contributed by atoms with Gasteiger partial charge in [-0.2, -0.15) is 5.10 Å². The highest BCUT2D eigenvalue weighted by atomic mass is 16.2. The lowest BCUT2D eigenvalue weighted by molar-refractivity contribution is 0.0942. The van der Waals surface area contributed by atoms with Crippen LogP contribution in [0.25, 0.3) is 11.4 Å². The first-order valence-corrected chi connectivity index (χ1v) is 10.3. The molecule has 1 aromatic carbocycles. The lowest BCUT2D eigenvalue weighted by Crippen LogP contribution is -2.29. The van der Waals surface area contributed by atoms with Gasteiger partial charge in [0.15, 0.2) is 5.82 Å². The molecule has 0 saturated carbocycles. The number of H-pyrrole nitrogens is 1. The summed E-state index contributed by atoms with van der Waals surface area (Å²) in [5, 5.41) is 13.4. The van der Waals surface area contributed by atoms with Crippen LogP contribution in [0, 0.1) is 13.8 Å². The third-order valence-corrected chi connectivity index (χ3v) is 5.24. The number of rotatable bonds is 4. The second kappa shape index (κ2) is 7.82. The molecule has 0 unspecified atom stereocenters. The Morgan fingerprint density at radius 1 is 1.07 bits per heavy atom. The van der Waals surface area contributed by atoms with Crippen molar-refractivity contribution >= 4 is 17.6 Å². The quantitative estimate of drug-likeness (QED) is 0.616. The average molecular weight is 406 g/mol. The number of carbonyl (C=O) groups excluding carboxylic acids is 2. The van der Waals surface area contributed by atoms with Crippen LogP contribution in [0.4, 0.5) is 5.82 Å². The lowest BCUT2D eigenvalue weighted by Gasteiger charge is -2.07. The molecule has 3 heterocycles. The molecule has 4 rings (SSSR count). The molecule has 156 valence electrons. The Kier molecular flexibility index (Phi) is 5.20. The maximum absolute atomic E-state index is 12.8. The molecule has 7 nitrogen and oxygen atoms in total. The van der Waals surface area contributed by atoms with Gasteiger partial charge in [0.2, 0.25) is 0 Å². The molecule has 30 heavy (non-hydrogen) atoms. The molecule has 1 aliphatic rings. The second-order valence-corrected chi connectivity index (χ2v) is 8.30. The molecule has 7 heteroatoms. The molecule has 3 aromatic rings. The minimum Gasteiger partial charge on any atom is -0.350 e. The van der Waals surface area contributed by atoms with Gasteiger partial charge in [0.25, 0.3) is 11.8 Å². The molecule has 3 N–H and O–H groups in total. The summed E-state index contributed by atoms with van der Waals surface area (Å²) in [6.45, 7) is 8.64. The number of anilines is 1. The fourth-order valence-electron chi connectivity index (χ4n) is 4.01. The third kappa shape index (κ3) is 3.87. The van der Waals surface area contributed by atoms with Crippen LogP contribution in [0.3, 0.4) is 0 Å². The van der Waals surface area contributed by atoms with Crippen molar-refractivity contribution in [2.24, 2.45) is 0 Å². The predicted molar refractivity (Wildman–Crippen MR) is 117 cm³/mol. The summed E-state index contributed by atoms with van der Waals surface area (Å²) < 4.78 is 2.08. The highest BCUT2D eigenvalue weighted by molar-refractivity contribution is 6.04. The van der Waals surface area contributed by atoms with Crippen LogP contribution in [-0.4, -0.2) is 32.6 Å². The van der Waals surface area contributed by atoms with Crippen molar-refractivity contribution in [3.05, 3.63) is 58.3 Å². The van der Waals surface area contributed by atoms with Crippen LogP contribution >= 0.6 is 0 Å². The summed E-state index contributed by atoms with van der Waals surface area (Å²) in [5.74, 6) is 0.291. The summed E-state index contributed by atoms with van der Waals surface area (Å²) in [6.07, 6.45) is 3.58. The number of aryl methyl sites for hydroxylation is 3. The Morgan fingerprint density at radius 2 is 1.80 bits per heavy atom. The molecule has 2 amide bonds. The smallest absolute Gasteiger partial charge is 0.256 e. The number of hydrogen-bond donors (Lipinski definition) is 3. The Morgan fingerprint density at radius 3 is 2.50 bits per heavy atom. The first kappa shape index (κ1) is 19.9. The normalized spacial score (nSPS) is 12.8. The van der Waals surface area contributed by atoms with Crippen molar-refractivity contribution < 1.29 is 9.59 Å².